The van der Waals surface area contributed by atoms with Gasteiger partial charge < -0.3 is 13.8 Å². The van der Waals surface area contributed by atoms with Crippen LogP contribution >= 0.6 is 19.0 Å². The van der Waals surface area contributed by atoms with E-state index in [0.29, 0.717) is 0 Å². The molecule has 148 valence electrons. The van der Waals surface area contributed by atoms with Crippen LogP contribution in [0.25, 0.3) is 5.57 Å². The molecule has 0 fully saturated rings. The number of methoxy groups -OCH3 is 1. The third-order valence-corrected chi connectivity index (χ3v) is 6.40. The Hall–Kier alpha value is -1.02. The lowest BCUT2D eigenvalue weighted by Gasteiger charge is -2.38. The molecule has 1 aromatic rings. The molecule has 5 heteroatoms. The van der Waals surface area contributed by atoms with Gasteiger partial charge >= 0.3 is 7.73 Å². The van der Waals surface area contributed by atoms with Crippen molar-refractivity contribution < 1.29 is 13.8 Å². The van der Waals surface area contributed by atoms with E-state index < -0.39 is 7.73 Å². The molecular formula is C22H30ClO3P. The van der Waals surface area contributed by atoms with Crippen LogP contribution in [0.2, 0.25) is 0 Å². The van der Waals surface area contributed by atoms with Gasteiger partial charge in [0.15, 0.2) is 0 Å². The summed E-state index contributed by atoms with van der Waals surface area (Å²) in [6.45, 7) is 15.4. The van der Waals surface area contributed by atoms with Gasteiger partial charge in [-0.25, -0.2) is 0 Å². The Balaban J connectivity index is 2.28. The number of halogens is 1. The Labute approximate surface area is 169 Å². The second-order valence-electron chi connectivity index (χ2n) is 9.53. The molecule has 0 bridgehead atoms. The van der Waals surface area contributed by atoms with Crippen molar-refractivity contribution in [1.82, 2.24) is 0 Å². The Morgan fingerprint density at radius 2 is 1.78 bits per heavy atom. The van der Waals surface area contributed by atoms with Crippen LogP contribution in [0.4, 0.5) is 0 Å². The summed E-state index contributed by atoms with van der Waals surface area (Å²) in [5, 5.41) is 0. The first-order valence-corrected chi connectivity index (χ1v) is 11.4. The highest BCUT2D eigenvalue weighted by Gasteiger charge is 2.42. The highest BCUT2D eigenvalue weighted by Crippen LogP contribution is 2.58. The van der Waals surface area contributed by atoms with Crippen molar-refractivity contribution >= 4 is 24.5 Å². The maximum absolute atomic E-state index is 6.56. The number of allylic oxidation sites excluding steroid dienone is 2. The normalized spacial score (nSPS) is 25.4. The first-order chi connectivity index (χ1) is 12.4. The average Bonchev–Trinajstić information content (AvgIpc) is 2.67. The molecule has 0 amide bonds. The SMILES string of the molecule is COc1cc2c(c(C(C)(C)C)c1)OP(Cl)OC1C2=CC(C)=CC1C(C)(C)C. The molecule has 3 rings (SSSR count). The molecule has 0 spiro atoms. The van der Waals surface area contributed by atoms with Crippen LogP contribution in [0.5, 0.6) is 11.5 Å². The topological polar surface area (TPSA) is 27.7 Å². The zero-order valence-electron chi connectivity index (χ0n) is 17.5. The van der Waals surface area contributed by atoms with Crippen LogP contribution in [0, 0.1) is 11.3 Å². The first kappa shape index (κ1) is 20.7. The highest BCUT2D eigenvalue weighted by atomic mass is 35.7. The fourth-order valence-corrected chi connectivity index (χ4v) is 5.04. The predicted octanol–water partition coefficient (Wildman–Crippen LogP) is 7.24. The molecule has 3 nitrogen and oxygen atoms in total. The van der Waals surface area contributed by atoms with Crippen molar-refractivity contribution in [1.29, 1.82) is 0 Å². The highest BCUT2D eigenvalue weighted by molar-refractivity contribution is 7.76. The summed E-state index contributed by atoms with van der Waals surface area (Å²) < 4.78 is 18.1. The Bertz CT molecular complexity index is 799. The van der Waals surface area contributed by atoms with Crippen LogP contribution in [0.15, 0.2) is 29.9 Å². The van der Waals surface area contributed by atoms with E-state index >= 15 is 0 Å². The quantitative estimate of drug-likeness (QED) is 0.458. The number of hydrogen-bond acceptors (Lipinski definition) is 3. The van der Waals surface area contributed by atoms with Gasteiger partial charge in [-0.15, -0.1) is 0 Å². The van der Waals surface area contributed by atoms with E-state index in [4.69, 9.17) is 25.0 Å². The van der Waals surface area contributed by atoms with E-state index in [2.05, 4.69) is 66.7 Å². The summed E-state index contributed by atoms with van der Waals surface area (Å²) in [4.78, 5) is 0. The standard InChI is InChI=1S/C22H30ClO3P/c1-13-9-15-16-11-14(24-8)12-18(22(5,6)7)20(16)26-27(23)25-19(15)17(10-13)21(2,3)4/h9-12,17,19H,1-8H3. The molecule has 27 heavy (non-hydrogen) atoms. The van der Waals surface area contributed by atoms with E-state index in [9.17, 15) is 0 Å². The molecule has 0 aromatic heterocycles. The van der Waals surface area contributed by atoms with E-state index in [-0.39, 0.29) is 22.9 Å². The molecule has 3 atom stereocenters. The van der Waals surface area contributed by atoms with Gasteiger partial charge in [0.05, 0.1) is 13.2 Å². The number of rotatable bonds is 1. The lowest BCUT2D eigenvalue weighted by Crippen LogP contribution is -2.34. The van der Waals surface area contributed by atoms with Crippen LogP contribution in [0.3, 0.4) is 0 Å². The van der Waals surface area contributed by atoms with Crippen LogP contribution < -0.4 is 9.26 Å². The maximum atomic E-state index is 6.56. The van der Waals surface area contributed by atoms with Crippen LogP contribution in [-0.4, -0.2) is 13.2 Å². The zero-order chi connectivity index (χ0) is 20.1. The summed E-state index contributed by atoms with van der Waals surface area (Å²) in [7, 11) is 0.148. The van der Waals surface area contributed by atoms with Gasteiger partial charge in [-0.1, -0.05) is 59.3 Å². The predicted molar refractivity (Wildman–Crippen MR) is 115 cm³/mol. The summed E-state index contributed by atoms with van der Waals surface area (Å²) in [6, 6.07) is 4.10. The van der Waals surface area contributed by atoms with Crippen molar-refractivity contribution in [2.24, 2.45) is 11.3 Å². The molecule has 0 radical (unpaired) electrons. The van der Waals surface area contributed by atoms with Crippen LogP contribution in [0.1, 0.15) is 59.6 Å². The summed E-state index contributed by atoms with van der Waals surface area (Å²) in [5.74, 6) is 1.85. The summed E-state index contributed by atoms with van der Waals surface area (Å²) in [5.41, 5.74) is 4.38. The van der Waals surface area contributed by atoms with Crippen molar-refractivity contribution in [3.05, 3.63) is 41.0 Å². The van der Waals surface area contributed by atoms with E-state index in [1.165, 1.54) is 5.57 Å². The van der Waals surface area contributed by atoms with Crippen molar-refractivity contribution in [2.45, 2.75) is 60.0 Å². The maximum Gasteiger partial charge on any atom is 0.339 e. The third kappa shape index (κ3) is 4.06. The molecular weight excluding hydrogens is 379 g/mol. The number of hydrogen-bond donors (Lipinski definition) is 0. The monoisotopic (exact) mass is 408 g/mol. The van der Waals surface area contributed by atoms with Crippen LogP contribution in [-0.2, 0) is 9.94 Å². The Morgan fingerprint density at radius 3 is 2.33 bits per heavy atom. The average molecular weight is 409 g/mol. The Morgan fingerprint density at radius 1 is 1.11 bits per heavy atom. The fourth-order valence-electron chi connectivity index (χ4n) is 3.77. The largest absolute Gasteiger partial charge is 0.497 e. The molecule has 3 unspecified atom stereocenters. The van der Waals surface area contributed by atoms with Gasteiger partial charge in [0.25, 0.3) is 0 Å². The van der Waals surface area contributed by atoms with E-state index in [1.54, 1.807) is 7.11 Å². The third-order valence-electron chi connectivity index (χ3n) is 5.23. The van der Waals surface area contributed by atoms with Gasteiger partial charge in [-0.3, -0.25) is 0 Å². The lowest BCUT2D eigenvalue weighted by atomic mass is 9.70. The van der Waals surface area contributed by atoms with Crippen molar-refractivity contribution in [3.8, 4) is 11.5 Å². The molecule has 0 N–H and O–H groups in total. The molecule has 1 aliphatic heterocycles. The minimum absolute atomic E-state index is 0.0364. The van der Waals surface area contributed by atoms with Gasteiger partial charge in [0.2, 0.25) is 0 Å². The molecule has 1 heterocycles. The first-order valence-electron chi connectivity index (χ1n) is 9.35. The molecule has 1 aliphatic carbocycles. The minimum atomic E-state index is -1.55. The fraction of sp³-hybridized carbons (Fsp3) is 0.545. The minimum Gasteiger partial charge on any atom is -0.497 e. The summed E-state index contributed by atoms with van der Waals surface area (Å²) in [6.07, 6.45) is 4.36. The second kappa shape index (κ2) is 7.10. The second-order valence-corrected chi connectivity index (χ2v) is 11.2. The van der Waals surface area contributed by atoms with Crippen molar-refractivity contribution in [2.75, 3.05) is 7.11 Å². The lowest BCUT2D eigenvalue weighted by molar-refractivity contribution is 0.141. The zero-order valence-corrected chi connectivity index (χ0v) is 19.2. The molecule has 0 saturated heterocycles. The van der Waals surface area contributed by atoms with Gasteiger partial charge in [0.1, 0.15) is 11.5 Å². The number of fused-ring (bicyclic) bond motifs is 3. The molecule has 1 aromatic carbocycles. The number of ether oxygens (including phenoxy) is 1. The van der Waals surface area contributed by atoms with Crippen molar-refractivity contribution in [3.63, 3.8) is 0 Å². The molecule has 0 saturated carbocycles. The number of benzene rings is 1. The smallest absolute Gasteiger partial charge is 0.339 e. The van der Waals surface area contributed by atoms with E-state index in [1.807, 2.05) is 6.07 Å². The van der Waals surface area contributed by atoms with Gasteiger partial charge in [-0.2, -0.15) is 0 Å². The molecule has 2 aliphatic rings. The summed E-state index contributed by atoms with van der Waals surface area (Å²) >= 11 is 6.56. The van der Waals surface area contributed by atoms with E-state index in [0.717, 1.165) is 28.2 Å². The van der Waals surface area contributed by atoms with Gasteiger partial charge in [0, 0.05) is 17.0 Å². The Kier molecular flexibility index (Phi) is 5.45. The van der Waals surface area contributed by atoms with Gasteiger partial charge in [-0.05, 0) is 46.7 Å².